The van der Waals surface area contributed by atoms with Gasteiger partial charge < -0.3 is 15.8 Å². The molecule has 1 aromatic carbocycles. The molecule has 7 heteroatoms. The monoisotopic (exact) mass is 253 g/mol. The number of hydrogen-bond donors (Lipinski definition) is 2. The Balaban J connectivity index is 3.04. The first-order chi connectivity index (χ1) is 8.45. The van der Waals surface area contributed by atoms with Crippen molar-refractivity contribution in [3.05, 3.63) is 33.9 Å². The van der Waals surface area contributed by atoms with Gasteiger partial charge in [0.05, 0.1) is 11.5 Å². The zero-order chi connectivity index (χ0) is 13.7. The Morgan fingerprint density at radius 2 is 2.28 bits per heavy atom. The average Bonchev–Trinajstić information content (AvgIpc) is 2.29. The van der Waals surface area contributed by atoms with E-state index in [9.17, 15) is 14.9 Å². The summed E-state index contributed by atoms with van der Waals surface area (Å²) in [6.45, 7) is 2.24. The number of benzene rings is 1. The van der Waals surface area contributed by atoms with E-state index in [2.05, 4.69) is 5.32 Å². The Morgan fingerprint density at radius 3 is 2.78 bits per heavy atom. The Morgan fingerprint density at radius 1 is 1.61 bits per heavy atom. The fourth-order valence-corrected chi connectivity index (χ4v) is 1.52. The molecule has 0 saturated heterocycles. The second-order valence-electron chi connectivity index (χ2n) is 3.85. The normalized spacial score (nSPS) is 11.9. The minimum atomic E-state index is -0.699. The van der Waals surface area contributed by atoms with Gasteiger partial charge >= 0.3 is 0 Å². The minimum Gasteiger partial charge on any atom is -0.383 e. The van der Waals surface area contributed by atoms with Gasteiger partial charge in [0.25, 0.3) is 5.69 Å². The third kappa shape index (κ3) is 3.42. The first-order valence-corrected chi connectivity index (χ1v) is 5.29. The summed E-state index contributed by atoms with van der Waals surface area (Å²) >= 11 is 0. The quantitative estimate of drug-likeness (QED) is 0.583. The van der Waals surface area contributed by atoms with E-state index in [4.69, 9.17) is 10.5 Å². The van der Waals surface area contributed by atoms with Gasteiger partial charge in [-0.15, -0.1) is 0 Å². The SMILES string of the molecule is COCC(C)Nc1ccc(C(N)=O)cc1[N+](=O)[O-]. The van der Waals surface area contributed by atoms with Gasteiger partial charge in [-0.2, -0.15) is 0 Å². The van der Waals surface area contributed by atoms with Gasteiger partial charge in [-0.1, -0.05) is 0 Å². The lowest BCUT2D eigenvalue weighted by Crippen LogP contribution is -2.21. The van der Waals surface area contributed by atoms with E-state index < -0.39 is 10.8 Å². The first-order valence-electron chi connectivity index (χ1n) is 5.29. The van der Waals surface area contributed by atoms with E-state index in [1.165, 1.54) is 12.1 Å². The molecule has 18 heavy (non-hydrogen) atoms. The van der Waals surface area contributed by atoms with Crippen molar-refractivity contribution < 1.29 is 14.5 Å². The molecule has 0 spiro atoms. The predicted octanol–water partition coefficient (Wildman–Crippen LogP) is 1.14. The number of carbonyl (C=O) groups excluding carboxylic acids is 1. The second kappa shape index (κ2) is 5.97. The van der Waals surface area contributed by atoms with Crippen LogP contribution >= 0.6 is 0 Å². The molecule has 1 unspecified atom stereocenters. The summed E-state index contributed by atoms with van der Waals surface area (Å²) in [7, 11) is 1.54. The molecule has 98 valence electrons. The van der Waals surface area contributed by atoms with Crippen LogP contribution in [-0.2, 0) is 4.74 Å². The second-order valence-corrected chi connectivity index (χ2v) is 3.85. The van der Waals surface area contributed by atoms with Crippen LogP contribution in [0.5, 0.6) is 0 Å². The van der Waals surface area contributed by atoms with Gasteiger partial charge in [-0.3, -0.25) is 14.9 Å². The van der Waals surface area contributed by atoms with Crippen LogP contribution in [0, 0.1) is 10.1 Å². The number of nitro benzene ring substituents is 1. The van der Waals surface area contributed by atoms with Gasteiger partial charge in [0.1, 0.15) is 5.69 Å². The average molecular weight is 253 g/mol. The number of nitrogens with zero attached hydrogens (tertiary/aromatic N) is 1. The summed E-state index contributed by atoms with van der Waals surface area (Å²) < 4.78 is 4.93. The molecule has 0 aromatic heterocycles. The lowest BCUT2D eigenvalue weighted by molar-refractivity contribution is -0.384. The van der Waals surface area contributed by atoms with E-state index in [0.29, 0.717) is 12.3 Å². The summed E-state index contributed by atoms with van der Waals surface area (Å²) in [5.74, 6) is -0.699. The van der Waals surface area contributed by atoms with Gasteiger partial charge in [-0.05, 0) is 19.1 Å². The molecule has 0 radical (unpaired) electrons. The molecule has 1 aromatic rings. The Kier molecular flexibility index (Phi) is 4.61. The number of rotatable bonds is 6. The van der Waals surface area contributed by atoms with Crippen molar-refractivity contribution in [1.82, 2.24) is 0 Å². The summed E-state index contributed by atoms with van der Waals surface area (Å²) in [6.07, 6.45) is 0. The first kappa shape index (κ1) is 13.9. The molecular formula is C11H15N3O4. The Bertz CT molecular complexity index is 462. The maximum atomic E-state index is 11.0. The third-order valence-electron chi connectivity index (χ3n) is 2.30. The molecule has 1 amide bonds. The van der Waals surface area contributed by atoms with Crippen molar-refractivity contribution in [3.8, 4) is 0 Å². The van der Waals surface area contributed by atoms with E-state index >= 15 is 0 Å². The lowest BCUT2D eigenvalue weighted by Gasteiger charge is -2.14. The molecule has 0 aliphatic rings. The fraction of sp³-hybridized carbons (Fsp3) is 0.364. The van der Waals surface area contributed by atoms with Crippen LogP contribution in [0.25, 0.3) is 0 Å². The van der Waals surface area contributed by atoms with Crippen molar-refractivity contribution in [2.24, 2.45) is 5.73 Å². The van der Waals surface area contributed by atoms with Crippen LogP contribution < -0.4 is 11.1 Å². The van der Waals surface area contributed by atoms with Crippen LogP contribution in [0.1, 0.15) is 17.3 Å². The van der Waals surface area contributed by atoms with Crippen molar-refractivity contribution in [2.45, 2.75) is 13.0 Å². The zero-order valence-corrected chi connectivity index (χ0v) is 10.2. The van der Waals surface area contributed by atoms with E-state index in [-0.39, 0.29) is 17.3 Å². The molecule has 0 aliphatic carbocycles. The molecule has 7 nitrogen and oxygen atoms in total. The third-order valence-corrected chi connectivity index (χ3v) is 2.30. The maximum absolute atomic E-state index is 11.0. The standard InChI is InChI=1S/C11H15N3O4/c1-7(6-18-2)13-9-4-3-8(11(12)15)5-10(9)14(16)17/h3-5,7,13H,6H2,1-2H3,(H2,12,15). The molecule has 0 fully saturated rings. The zero-order valence-electron chi connectivity index (χ0n) is 10.2. The van der Waals surface area contributed by atoms with Crippen LogP contribution in [0.15, 0.2) is 18.2 Å². The van der Waals surface area contributed by atoms with Crippen LogP contribution in [0.3, 0.4) is 0 Å². The number of nitro groups is 1. The predicted molar refractivity (Wildman–Crippen MR) is 66.6 cm³/mol. The molecule has 0 bridgehead atoms. The van der Waals surface area contributed by atoms with Gasteiger partial charge in [0, 0.05) is 24.8 Å². The molecule has 0 saturated carbocycles. The highest BCUT2D eigenvalue weighted by Gasteiger charge is 2.17. The Labute approximate surface area is 104 Å². The summed E-state index contributed by atoms with van der Waals surface area (Å²) in [6, 6.07) is 3.97. The molecule has 3 N–H and O–H groups in total. The van der Waals surface area contributed by atoms with Crippen molar-refractivity contribution in [1.29, 1.82) is 0 Å². The number of hydrogen-bond acceptors (Lipinski definition) is 5. The summed E-state index contributed by atoms with van der Waals surface area (Å²) in [5, 5.41) is 13.9. The molecular weight excluding hydrogens is 238 g/mol. The highest BCUT2D eigenvalue weighted by molar-refractivity contribution is 5.94. The topological polar surface area (TPSA) is 107 Å². The van der Waals surface area contributed by atoms with E-state index in [1.54, 1.807) is 7.11 Å². The Hall–Kier alpha value is -2.15. The number of amides is 1. The number of nitrogens with two attached hydrogens (primary N) is 1. The van der Waals surface area contributed by atoms with Crippen molar-refractivity contribution in [2.75, 3.05) is 19.0 Å². The summed E-state index contributed by atoms with van der Waals surface area (Å²) in [5.41, 5.74) is 5.33. The molecule has 1 atom stereocenters. The highest BCUT2D eigenvalue weighted by Crippen LogP contribution is 2.26. The minimum absolute atomic E-state index is 0.0897. The van der Waals surface area contributed by atoms with Gasteiger partial charge in [0.2, 0.25) is 5.91 Å². The maximum Gasteiger partial charge on any atom is 0.293 e. The largest absolute Gasteiger partial charge is 0.383 e. The van der Waals surface area contributed by atoms with Crippen LogP contribution in [0.4, 0.5) is 11.4 Å². The number of primary amides is 1. The fourth-order valence-electron chi connectivity index (χ4n) is 1.52. The summed E-state index contributed by atoms with van der Waals surface area (Å²) in [4.78, 5) is 21.3. The number of ether oxygens (including phenoxy) is 1. The van der Waals surface area contributed by atoms with Crippen LogP contribution in [0.2, 0.25) is 0 Å². The van der Waals surface area contributed by atoms with Crippen molar-refractivity contribution in [3.63, 3.8) is 0 Å². The lowest BCUT2D eigenvalue weighted by atomic mass is 10.1. The molecule has 1 rings (SSSR count). The van der Waals surface area contributed by atoms with Gasteiger partial charge in [-0.25, -0.2) is 0 Å². The number of anilines is 1. The smallest absolute Gasteiger partial charge is 0.293 e. The van der Waals surface area contributed by atoms with E-state index in [0.717, 1.165) is 6.07 Å². The van der Waals surface area contributed by atoms with Gasteiger partial charge in [0.15, 0.2) is 0 Å². The number of nitrogens with one attached hydrogen (secondary N) is 1. The van der Waals surface area contributed by atoms with Crippen LogP contribution in [-0.4, -0.2) is 30.6 Å². The molecule has 0 aliphatic heterocycles. The number of carbonyl (C=O) groups is 1. The van der Waals surface area contributed by atoms with Crippen molar-refractivity contribution >= 4 is 17.3 Å². The highest BCUT2D eigenvalue weighted by atomic mass is 16.6. The molecule has 0 heterocycles. The van der Waals surface area contributed by atoms with E-state index in [1.807, 2.05) is 6.92 Å². The number of methoxy groups -OCH3 is 1.